The average Bonchev–Trinajstić information content (AvgIpc) is 2.95. The normalized spacial score (nSPS) is 21.8. The molecular formula is C13H21N5O3. The average molecular weight is 295 g/mol. The Morgan fingerprint density at radius 1 is 1.48 bits per heavy atom. The standard InChI is InChI=1S/C13H21N5O3/c1-9-5-17(7-11(9)16(2)3)13(21)15-10-4-14-18(6-10)8-12(19)20/h4,6,9,11H,5,7-8H2,1-3H3,(H,15,21)(H,19,20). The number of amides is 2. The van der Waals surface area contributed by atoms with Crippen LogP contribution in [0.2, 0.25) is 0 Å². The maximum atomic E-state index is 12.2. The van der Waals surface area contributed by atoms with Gasteiger partial charge in [0, 0.05) is 25.3 Å². The topological polar surface area (TPSA) is 90.7 Å². The van der Waals surface area contributed by atoms with Crippen LogP contribution in [0.3, 0.4) is 0 Å². The molecule has 8 heteroatoms. The first-order chi connectivity index (χ1) is 9.86. The summed E-state index contributed by atoms with van der Waals surface area (Å²) < 4.78 is 1.27. The van der Waals surface area contributed by atoms with Gasteiger partial charge in [-0.05, 0) is 20.0 Å². The second kappa shape index (κ2) is 6.13. The first-order valence-electron chi connectivity index (χ1n) is 6.83. The monoisotopic (exact) mass is 295 g/mol. The molecule has 1 aliphatic heterocycles. The molecule has 0 spiro atoms. The highest BCUT2D eigenvalue weighted by atomic mass is 16.4. The Balaban J connectivity index is 1.93. The molecule has 0 bridgehead atoms. The molecule has 116 valence electrons. The number of aromatic nitrogens is 2. The molecule has 2 amide bonds. The van der Waals surface area contributed by atoms with Crippen molar-refractivity contribution >= 4 is 17.7 Å². The van der Waals surface area contributed by atoms with Crippen LogP contribution in [0.4, 0.5) is 10.5 Å². The van der Waals surface area contributed by atoms with Gasteiger partial charge in [0.2, 0.25) is 0 Å². The fourth-order valence-corrected chi connectivity index (χ4v) is 2.64. The summed E-state index contributed by atoms with van der Waals surface area (Å²) in [4.78, 5) is 26.7. The molecule has 8 nitrogen and oxygen atoms in total. The number of anilines is 1. The van der Waals surface area contributed by atoms with Crippen LogP contribution in [0.1, 0.15) is 6.92 Å². The highest BCUT2D eigenvalue weighted by molar-refractivity contribution is 5.89. The molecule has 1 aliphatic rings. The number of likely N-dealkylation sites (tertiary alicyclic amines) is 1. The van der Waals surface area contributed by atoms with E-state index >= 15 is 0 Å². The number of nitrogens with zero attached hydrogens (tertiary/aromatic N) is 4. The Labute approximate surface area is 123 Å². The van der Waals surface area contributed by atoms with E-state index in [1.54, 1.807) is 4.90 Å². The van der Waals surface area contributed by atoms with Crippen molar-refractivity contribution in [3.8, 4) is 0 Å². The number of urea groups is 1. The molecule has 2 N–H and O–H groups in total. The minimum Gasteiger partial charge on any atom is -0.480 e. The third-order valence-electron chi connectivity index (χ3n) is 3.70. The van der Waals surface area contributed by atoms with Crippen LogP contribution in [-0.4, -0.2) is 69.9 Å². The van der Waals surface area contributed by atoms with Crippen molar-refractivity contribution in [1.29, 1.82) is 0 Å². The number of carboxylic acid groups (broad SMARTS) is 1. The summed E-state index contributed by atoms with van der Waals surface area (Å²) in [5, 5.41) is 15.3. The van der Waals surface area contributed by atoms with Crippen molar-refractivity contribution < 1.29 is 14.7 Å². The lowest BCUT2D eigenvalue weighted by Gasteiger charge is -2.22. The van der Waals surface area contributed by atoms with Crippen LogP contribution in [0.25, 0.3) is 0 Å². The van der Waals surface area contributed by atoms with E-state index in [2.05, 4.69) is 22.2 Å². The van der Waals surface area contributed by atoms with Crippen LogP contribution in [-0.2, 0) is 11.3 Å². The Bertz CT molecular complexity index is 528. The van der Waals surface area contributed by atoms with Gasteiger partial charge in [0.05, 0.1) is 11.9 Å². The van der Waals surface area contributed by atoms with Gasteiger partial charge in [-0.25, -0.2) is 4.79 Å². The maximum Gasteiger partial charge on any atom is 0.325 e. The van der Waals surface area contributed by atoms with E-state index in [9.17, 15) is 9.59 Å². The maximum absolute atomic E-state index is 12.2. The molecule has 1 saturated heterocycles. The van der Waals surface area contributed by atoms with Crippen LogP contribution < -0.4 is 5.32 Å². The zero-order valence-electron chi connectivity index (χ0n) is 12.5. The van der Waals surface area contributed by atoms with Crippen molar-refractivity contribution in [3.05, 3.63) is 12.4 Å². The summed E-state index contributed by atoms with van der Waals surface area (Å²) in [7, 11) is 4.02. The molecule has 1 aromatic rings. The Morgan fingerprint density at radius 3 is 2.76 bits per heavy atom. The van der Waals surface area contributed by atoms with Gasteiger partial charge in [0.1, 0.15) is 6.54 Å². The van der Waals surface area contributed by atoms with E-state index in [1.165, 1.54) is 17.1 Å². The molecule has 1 aromatic heterocycles. The SMILES string of the molecule is CC1CN(C(=O)Nc2cnn(CC(=O)O)c2)CC1N(C)C. The van der Waals surface area contributed by atoms with Crippen molar-refractivity contribution in [2.24, 2.45) is 5.92 Å². The molecule has 2 unspecified atom stereocenters. The second-order valence-electron chi connectivity index (χ2n) is 5.66. The number of likely N-dealkylation sites (N-methyl/N-ethyl adjacent to an activating group) is 1. The van der Waals surface area contributed by atoms with Crippen molar-refractivity contribution in [3.63, 3.8) is 0 Å². The molecule has 0 aliphatic carbocycles. The molecule has 1 fully saturated rings. The lowest BCUT2D eigenvalue weighted by atomic mass is 10.1. The zero-order chi connectivity index (χ0) is 15.6. The fourth-order valence-electron chi connectivity index (χ4n) is 2.64. The Kier molecular flexibility index (Phi) is 4.46. The number of carbonyl (C=O) groups excluding carboxylic acids is 1. The molecule has 0 radical (unpaired) electrons. The number of aliphatic carboxylic acids is 1. The Hall–Kier alpha value is -2.09. The van der Waals surface area contributed by atoms with Crippen molar-refractivity contribution in [1.82, 2.24) is 19.6 Å². The molecular weight excluding hydrogens is 274 g/mol. The number of rotatable bonds is 4. The summed E-state index contributed by atoms with van der Waals surface area (Å²) in [5.41, 5.74) is 0.502. The van der Waals surface area contributed by atoms with Gasteiger partial charge in [0.15, 0.2) is 0 Å². The molecule has 2 atom stereocenters. The molecule has 0 aromatic carbocycles. The van der Waals surface area contributed by atoms with Crippen LogP contribution in [0.5, 0.6) is 0 Å². The summed E-state index contributed by atoms with van der Waals surface area (Å²) in [5.74, 6) is -0.557. The van der Waals surface area contributed by atoms with Gasteiger partial charge in [-0.15, -0.1) is 0 Å². The van der Waals surface area contributed by atoms with Crippen LogP contribution in [0.15, 0.2) is 12.4 Å². The van der Waals surface area contributed by atoms with E-state index < -0.39 is 5.97 Å². The summed E-state index contributed by atoms with van der Waals surface area (Å²) in [6.45, 7) is 3.30. The van der Waals surface area contributed by atoms with E-state index in [0.29, 0.717) is 30.7 Å². The van der Waals surface area contributed by atoms with Gasteiger partial charge >= 0.3 is 12.0 Å². The van der Waals surface area contributed by atoms with E-state index in [4.69, 9.17) is 5.11 Å². The van der Waals surface area contributed by atoms with Crippen molar-refractivity contribution in [2.75, 3.05) is 32.5 Å². The molecule has 0 saturated carbocycles. The predicted molar refractivity (Wildman–Crippen MR) is 77.1 cm³/mol. The summed E-state index contributed by atoms with van der Waals surface area (Å²) in [6, 6.07) is 0.173. The highest BCUT2D eigenvalue weighted by Crippen LogP contribution is 2.20. The highest BCUT2D eigenvalue weighted by Gasteiger charge is 2.33. The third kappa shape index (κ3) is 3.72. The Morgan fingerprint density at radius 2 is 2.19 bits per heavy atom. The molecule has 2 heterocycles. The largest absolute Gasteiger partial charge is 0.480 e. The van der Waals surface area contributed by atoms with Gasteiger partial charge in [-0.1, -0.05) is 6.92 Å². The number of hydrogen-bond acceptors (Lipinski definition) is 4. The summed E-state index contributed by atoms with van der Waals surface area (Å²) >= 11 is 0. The number of hydrogen-bond donors (Lipinski definition) is 2. The number of carboxylic acids is 1. The van der Waals surface area contributed by atoms with Gasteiger partial charge in [-0.3, -0.25) is 9.48 Å². The first-order valence-corrected chi connectivity index (χ1v) is 6.83. The zero-order valence-corrected chi connectivity index (χ0v) is 12.5. The van der Waals surface area contributed by atoms with E-state index in [0.717, 1.165) is 0 Å². The second-order valence-corrected chi connectivity index (χ2v) is 5.66. The molecule has 21 heavy (non-hydrogen) atoms. The number of nitrogens with one attached hydrogen (secondary N) is 1. The van der Waals surface area contributed by atoms with Gasteiger partial charge < -0.3 is 20.2 Å². The minimum atomic E-state index is -0.974. The van der Waals surface area contributed by atoms with E-state index in [1.807, 2.05) is 14.1 Å². The third-order valence-corrected chi connectivity index (χ3v) is 3.70. The van der Waals surface area contributed by atoms with Crippen LogP contribution >= 0.6 is 0 Å². The fraction of sp³-hybridized carbons (Fsp3) is 0.615. The quantitative estimate of drug-likeness (QED) is 0.838. The smallest absolute Gasteiger partial charge is 0.325 e. The van der Waals surface area contributed by atoms with Gasteiger partial charge in [-0.2, -0.15) is 5.10 Å². The number of carbonyl (C=O) groups is 2. The lowest BCUT2D eigenvalue weighted by molar-refractivity contribution is -0.137. The van der Waals surface area contributed by atoms with Gasteiger partial charge in [0.25, 0.3) is 0 Å². The summed E-state index contributed by atoms with van der Waals surface area (Å²) in [6.07, 6.45) is 2.96. The van der Waals surface area contributed by atoms with Crippen LogP contribution in [0, 0.1) is 5.92 Å². The van der Waals surface area contributed by atoms with E-state index in [-0.39, 0.29) is 12.6 Å². The minimum absolute atomic E-state index is 0.180. The van der Waals surface area contributed by atoms with Crippen molar-refractivity contribution in [2.45, 2.75) is 19.5 Å². The molecule has 2 rings (SSSR count). The predicted octanol–water partition coefficient (Wildman–Crippen LogP) is 0.382. The lowest BCUT2D eigenvalue weighted by Crippen LogP contribution is -2.37. The first kappa shape index (κ1) is 15.3.